The number of nitrogens with one attached hydrogen (secondary N) is 1. The molecule has 0 saturated carbocycles. The normalized spacial score (nSPS) is 11.0. The van der Waals surface area contributed by atoms with Crippen LogP contribution >= 0.6 is 15.9 Å². The van der Waals surface area contributed by atoms with Crippen molar-refractivity contribution in [1.29, 1.82) is 0 Å². The Balaban J connectivity index is 1.52. The Hall–Kier alpha value is -3.45. The Morgan fingerprint density at radius 3 is 2.41 bits per heavy atom. The first-order chi connectivity index (χ1) is 16.2. The van der Waals surface area contributed by atoms with Gasteiger partial charge < -0.3 is 9.47 Å². The van der Waals surface area contributed by atoms with Gasteiger partial charge in [-0.05, 0) is 84.5 Å². The molecule has 3 aromatic carbocycles. The molecule has 34 heavy (non-hydrogen) atoms. The number of rotatable bonds is 8. The number of benzene rings is 3. The number of nitrogens with zero attached hydrogens (tertiary/aromatic N) is 1. The number of halogens is 1. The van der Waals surface area contributed by atoms with E-state index in [-0.39, 0.29) is 18.4 Å². The maximum atomic E-state index is 12.3. The Morgan fingerprint density at radius 2 is 1.74 bits per heavy atom. The fourth-order valence-corrected chi connectivity index (χ4v) is 3.55. The van der Waals surface area contributed by atoms with Crippen LogP contribution in [0.3, 0.4) is 0 Å². The molecule has 0 aromatic heterocycles. The van der Waals surface area contributed by atoms with Crippen molar-refractivity contribution >= 4 is 34.0 Å². The molecule has 7 heteroatoms. The molecule has 0 aliphatic heterocycles. The third-order valence-corrected chi connectivity index (χ3v) is 5.98. The molecule has 0 radical (unpaired) electrons. The summed E-state index contributed by atoms with van der Waals surface area (Å²) in [5, 5.41) is 3.97. The quantitative estimate of drug-likeness (QED) is 0.172. The van der Waals surface area contributed by atoms with Gasteiger partial charge in [0, 0.05) is 4.47 Å². The van der Waals surface area contributed by atoms with E-state index < -0.39 is 5.97 Å². The molecular formula is C27H27BrN2O4. The van der Waals surface area contributed by atoms with E-state index >= 15 is 0 Å². The van der Waals surface area contributed by atoms with Crippen molar-refractivity contribution in [2.24, 2.45) is 5.10 Å². The number of esters is 1. The van der Waals surface area contributed by atoms with Gasteiger partial charge in [0.15, 0.2) is 6.61 Å². The van der Waals surface area contributed by atoms with Gasteiger partial charge >= 0.3 is 5.97 Å². The average Bonchev–Trinajstić information content (AvgIpc) is 2.80. The molecule has 176 valence electrons. The van der Waals surface area contributed by atoms with E-state index in [4.69, 9.17) is 9.47 Å². The molecule has 0 fully saturated rings. The number of hydrogen-bond acceptors (Lipinski definition) is 5. The largest absolute Gasteiger partial charge is 0.483 e. The van der Waals surface area contributed by atoms with Crippen LogP contribution in [0, 0.1) is 13.8 Å². The maximum Gasteiger partial charge on any atom is 0.343 e. The molecule has 0 saturated heterocycles. The zero-order valence-electron chi connectivity index (χ0n) is 19.6. The molecule has 0 aliphatic rings. The van der Waals surface area contributed by atoms with E-state index in [0.29, 0.717) is 17.1 Å². The van der Waals surface area contributed by atoms with Crippen LogP contribution in [0.25, 0.3) is 0 Å². The van der Waals surface area contributed by atoms with Crippen LogP contribution < -0.4 is 14.9 Å². The Labute approximate surface area is 208 Å². The first kappa shape index (κ1) is 25.2. The first-order valence-electron chi connectivity index (χ1n) is 10.9. The second-order valence-electron chi connectivity index (χ2n) is 8.15. The average molecular weight is 523 g/mol. The number of carbonyl (C=O) groups excluding carboxylic acids is 2. The lowest BCUT2D eigenvalue weighted by molar-refractivity contribution is -0.123. The number of amides is 1. The van der Waals surface area contributed by atoms with E-state index in [1.807, 2.05) is 38.1 Å². The number of hydrogen-bond donors (Lipinski definition) is 1. The summed E-state index contributed by atoms with van der Waals surface area (Å²) in [5.41, 5.74) is 6.64. The Kier molecular flexibility index (Phi) is 8.60. The summed E-state index contributed by atoms with van der Waals surface area (Å²) in [7, 11) is 0. The predicted octanol–water partition coefficient (Wildman–Crippen LogP) is 5.94. The van der Waals surface area contributed by atoms with Crippen molar-refractivity contribution in [3.63, 3.8) is 0 Å². The van der Waals surface area contributed by atoms with Gasteiger partial charge in [-0.25, -0.2) is 10.2 Å². The van der Waals surface area contributed by atoms with Gasteiger partial charge in [-0.1, -0.05) is 48.0 Å². The maximum absolute atomic E-state index is 12.3. The lowest BCUT2D eigenvalue weighted by Gasteiger charge is -2.15. The molecule has 1 amide bonds. The molecular weight excluding hydrogens is 496 g/mol. The molecule has 0 bridgehead atoms. The fraction of sp³-hybridized carbons (Fsp3) is 0.222. The molecule has 1 N–H and O–H groups in total. The molecule has 6 nitrogen and oxygen atoms in total. The summed E-state index contributed by atoms with van der Waals surface area (Å²) >= 11 is 3.54. The number of carbonyl (C=O) groups is 2. The highest BCUT2D eigenvalue weighted by Crippen LogP contribution is 2.32. The smallest absolute Gasteiger partial charge is 0.343 e. The molecule has 0 atom stereocenters. The van der Waals surface area contributed by atoms with E-state index in [2.05, 4.69) is 40.3 Å². The Morgan fingerprint density at radius 1 is 1.03 bits per heavy atom. The third-order valence-electron chi connectivity index (χ3n) is 5.13. The summed E-state index contributed by atoms with van der Waals surface area (Å²) < 4.78 is 12.2. The van der Waals surface area contributed by atoms with E-state index in [1.54, 1.807) is 36.4 Å². The van der Waals surface area contributed by atoms with Crippen molar-refractivity contribution in [3.8, 4) is 11.5 Å². The van der Waals surface area contributed by atoms with Crippen molar-refractivity contribution in [2.75, 3.05) is 6.61 Å². The molecule has 3 aromatic rings. The molecule has 0 unspecified atom stereocenters. The summed E-state index contributed by atoms with van der Waals surface area (Å²) in [6.07, 6.45) is 1.51. The van der Waals surface area contributed by atoms with Gasteiger partial charge in [0.25, 0.3) is 5.91 Å². The highest BCUT2D eigenvalue weighted by molar-refractivity contribution is 9.10. The van der Waals surface area contributed by atoms with Gasteiger partial charge in [-0.2, -0.15) is 5.10 Å². The van der Waals surface area contributed by atoms with Crippen LogP contribution in [0.2, 0.25) is 0 Å². The number of hydrazone groups is 1. The van der Waals surface area contributed by atoms with Crippen LogP contribution in [0.5, 0.6) is 11.5 Å². The van der Waals surface area contributed by atoms with Crippen molar-refractivity contribution < 1.29 is 19.1 Å². The fourth-order valence-electron chi connectivity index (χ4n) is 3.19. The standard InChI is InChI=1S/C27H27BrN2O4/c1-17(2)23-14-24(28)19(4)13-25(23)33-16-26(31)30-29-15-20-9-11-21(12-10-20)34-27(32)22-8-6-5-7-18(22)3/h5-15,17H,16H2,1-4H3,(H,30,31). The van der Waals surface area contributed by atoms with E-state index in [9.17, 15) is 9.59 Å². The van der Waals surface area contributed by atoms with Crippen LogP contribution in [0.15, 0.2) is 70.2 Å². The summed E-state index contributed by atoms with van der Waals surface area (Å²) in [6.45, 7) is 7.83. The van der Waals surface area contributed by atoms with Gasteiger partial charge in [-0.15, -0.1) is 0 Å². The molecule has 3 rings (SSSR count). The minimum atomic E-state index is -0.409. The van der Waals surface area contributed by atoms with E-state index in [1.165, 1.54) is 6.21 Å². The second kappa shape index (κ2) is 11.6. The van der Waals surface area contributed by atoms with Gasteiger partial charge in [0.05, 0.1) is 11.8 Å². The zero-order chi connectivity index (χ0) is 24.7. The minimum absolute atomic E-state index is 0.147. The topological polar surface area (TPSA) is 77.0 Å². The SMILES string of the molecule is Cc1cc(OCC(=O)NN=Cc2ccc(OC(=O)c3ccccc3C)cc2)c(C(C)C)cc1Br. The first-order valence-corrected chi connectivity index (χ1v) is 11.7. The van der Waals surface area contributed by atoms with E-state index in [0.717, 1.165) is 26.7 Å². The zero-order valence-corrected chi connectivity index (χ0v) is 21.2. The summed E-state index contributed by atoms with van der Waals surface area (Å²) in [5.74, 6) is 0.592. The lowest BCUT2D eigenvalue weighted by Crippen LogP contribution is -2.25. The van der Waals surface area contributed by atoms with Crippen LogP contribution in [0.4, 0.5) is 0 Å². The minimum Gasteiger partial charge on any atom is -0.483 e. The van der Waals surface area contributed by atoms with Gasteiger partial charge in [-0.3, -0.25) is 4.79 Å². The second-order valence-corrected chi connectivity index (χ2v) is 9.00. The highest BCUT2D eigenvalue weighted by atomic mass is 79.9. The molecule has 0 heterocycles. The molecule has 0 spiro atoms. The summed E-state index contributed by atoms with van der Waals surface area (Å²) in [4.78, 5) is 24.5. The third kappa shape index (κ3) is 6.78. The predicted molar refractivity (Wildman–Crippen MR) is 137 cm³/mol. The Bertz CT molecular complexity index is 1200. The summed E-state index contributed by atoms with van der Waals surface area (Å²) in [6, 6.07) is 18.0. The number of aryl methyl sites for hydroxylation is 2. The van der Waals surface area contributed by atoms with Crippen molar-refractivity contribution in [3.05, 3.63) is 93.0 Å². The van der Waals surface area contributed by atoms with Gasteiger partial charge in [0.1, 0.15) is 11.5 Å². The highest BCUT2D eigenvalue weighted by Gasteiger charge is 2.13. The van der Waals surface area contributed by atoms with Crippen LogP contribution in [0.1, 0.15) is 52.4 Å². The number of ether oxygens (including phenoxy) is 2. The van der Waals surface area contributed by atoms with Crippen LogP contribution in [-0.2, 0) is 4.79 Å². The van der Waals surface area contributed by atoms with Crippen molar-refractivity contribution in [1.82, 2.24) is 5.43 Å². The van der Waals surface area contributed by atoms with Gasteiger partial charge in [0.2, 0.25) is 0 Å². The lowest BCUT2D eigenvalue weighted by atomic mass is 10.0. The van der Waals surface area contributed by atoms with Crippen LogP contribution in [-0.4, -0.2) is 24.7 Å². The molecule has 0 aliphatic carbocycles. The monoisotopic (exact) mass is 522 g/mol. The van der Waals surface area contributed by atoms with Crippen molar-refractivity contribution in [2.45, 2.75) is 33.6 Å².